The Balaban J connectivity index is 2.12. The van der Waals surface area contributed by atoms with Gasteiger partial charge in [0, 0.05) is 18.9 Å². The molecule has 108 valence electrons. The Morgan fingerprint density at radius 2 is 2.20 bits per heavy atom. The highest BCUT2D eigenvalue weighted by Crippen LogP contribution is 2.26. The highest BCUT2D eigenvalue weighted by molar-refractivity contribution is 9.10. The van der Waals surface area contributed by atoms with Gasteiger partial charge in [-0.1, -0.05) is 13.0 Å². The van der Waals surface area contributed by atoms with E-state index in [4.69, 9.17) is 0 Å². The van der Waals surface area contributed by atoms with E-state index in [1.807, 2.05) is 24.7 Å². The van der Waals surface area contributed by atoms with Gasteiger partial charge in [-0.2, -0.15) is 5.10 Å². The lowest BCUT2D eigenvalue weighted by Crippen LogP contribution is -2.24. The molecule has 0 amide bonds. The third kappa shape index (κ3) is 3.67. The molecule has 0 spiro atoms. The van der Waals surface area contributed by atoms with Gasteiger partial charge in [-0.25, -0.2) is 0 Å². The number of rotatable bonds is 7. The van der Waals surface area contributed by atoms with Crippen LogP contribution in [0, 0.1) is 0 Å². The summed E-state index contributed by atoms with van der Waals surface area (Å²) in [4.78, 5) is 4.18. The number of aryl methyl sites for hydroxylation is 2. The van der Waals surface area contributed by atoms with Crippen LogP contribution in [0.25, 0.3) is 0 Å². The first-order chi connectivity index (χ1) is 9.76. The van der Waals surface area contributed by atoms with Crippen LogP contribution < -0.4 is 5.32 Å². The molecule has 0 aliphatic carbocycles. The summed E-state index contributed by atoms with van der Waals surface area (Å²) in [5.74, 6) is 0. The number of halogens is 1. The summed E-state index contributed by atoms with van der Waals surface area (Å²) in [5, 5.41) is 7.97. The molecule has 1 unspecified atom stereocenters. The second-order valence-corrected chi connectivity index (χ2v) is 5.56. The zero-order chi connectivity index (χ0) is 14.4. The van der Waals surface area contributed by atoms with Crippen molar-refractivity contribution in [2.45, 2.75) is 39.3 Å². The standard InChI is InChI=1S/C15H21BrN4/c1-3-18-14(8-7-12-6-5-9-17-10-12)15-13(16)11-19-20(15)4-2/h5-6,9-11,14,18H,3-4,7-8H2,1-2H3. The van der Waals surface area contributed by atoms with Crippen LogP contribution in [0.1, 0.15) is 37.6 Å². The van der Waals surface area contributed by atoms with Crippen LogP contribution >= 0.6 is 15.9 Å². The molecule has 2 rings (SSSR count). The van der Waals surface area contributed by atoms with E-state index in [0.717, 1.165) is 30.4 Å². The van der Waals surface area contributed by atoms with Crippen LogP contribution in [0.3, 0.4) is 0 Å². The SMILES string of the molecule is CCNC(CCc1cccnc1)c1c(Br)cnn1CC. The minimum absolute atomic E-state index is 0.303. The molecule has 20 heavy (non-hydrogen) atoms. The molecule has 0 saturated carbocycles. The minimum Gasteiger partial charge on any atom is -0.309 e. The first kappa shape index (κ1) is 15.2. The van der Waals surface area contributed by atoms with Crippen molar-refractivity contribution in [3.63, 3.8) is 0 Å². The van der Waals surface area contributed by atoms with Gasteiger partial charge in [0.05, 0.1) is 22.4 Å². The predicted octanol–water partition coefficient (Wildman–Crippen LogP) is 3.34. The Hall–Kier alpha value is -1.20. The zero-order valence-electron chi connectivity index (χ0n) is 12.0. The Morgan fingerprint density at radius 3 is 2.85 bits per heavy atom. The molecule has 0 bridgehead atoms. The van der Waals surface area contributed by atoms with Gasteiger partial charge in [0.25, 0.3) is 0 Å². The molecule has 2 heterocycles. The molecular weight excluding hydrogens is 316 g/mol. The lowest BCUT2D eigenvalue weighted by atomic mass is 10.0. The number of pyridine rings is 1. The van der Waals surface area contributed by atoms with Gasteiger partial charge in [0.2, 0.25) is 0 Å². The van der Waals surface area contributed by atoms with Crippen molar-refractivity contribution in [2.24, 2.45) is 0 Å². The van der Waals surface area contributed by atoms with Crippen LogP contribution in [0.4, 0.5) is 0 Å². The first-order valence-electron chi connectivity index (χ1n) is 7.09. The molecule has 2 aromatic heterocycles. The Kier molecular flexibility index (Phi) is 5.73. The minimum atomic E-state index is 0.303. The predicted molar refractivity (Wildman–Crippen MR) is 84.6 cm³/mol. The van der Waals surface area contributed by atoms with Gasteiger partial charge in [-0.05, 0) is 53.9 Å². The van der Waals surface area contributed by atoms with Gasteiger partial charge in [-0.3, -0.25) is 9.67 Å². The average molecular weight is 337 g/mol. The van der Waals surface area contributed by atoms with Crippen LogP contribution in [-0.2, 0) is 13.0 Å². The summed E-state index contributed by atoms with van der Waals surface area (Å²) in [5.41, 5.74) is 2.51. The van der Waals surface area contributed by atoms with E-state index in [0.29, 0.717) is 6.04 Å². The van der Waals surface area contributed by atoms with Gasteiger partial charge in [-0.15, -0.1) is 0 Å². The van der Waals surface area contributed by atoms with Crippen molar-refractivity contribution >= 4 is 15.9 Å². The van der Waals surface area contributed by atoms with Crippen LogP contribution in [0.15, 0.2) is 35.2 Å². The molecular formula is C15H21BrN4. The summed E-state index contributed by atoms with van der Waals surface area (Å²) in [7, 11) is 0. The number of hydrogen-bond acceptors (Lipinski definition) is 3. The van der Waals surface area contributed by atoms with E-state index < -0.39 is 0 Å². The Bertz CT molecular complexity index is 524. The fraction of sp³-hybridized carbons (Fsp3) is 0.467. The quantitative estimate of drug-likeness (QED) is 0.843. The molecule has 4 nitrogen and oxygen atoms in total. The third-order valence-corrected chi connectivity index (χ3v) is 3.97. The summed E-state index contributed by atoms with van der Waals surface area (Å²) in [6.07, 6.45) is 7.67. The summed E-state index contributed by atoms with van der Waals surface area (Å²) in [6, 6.07) is 4.42. The summed E-state index contributed by atoms with van der Waals surface area (Å²) < 4.78 is 3.14. The molecule has 0 radical (unpaired) electrons. The van der Waals surface area contributed by atoms with E-state index in [1.54, 1.807) is 0 Å². The largest absolute Gasteiger partial charge is 0.309 e. The fourth-order valence-electron chi connectivity index (χ4n) is 2.41. The van der Waals surface area contributed by atoms with Gasteiger partial charge >= 0.3 is 0 Å². The van der Waals surface area contributed by atoms with E-state index >= 15 is 0 Å². The second kappa shape index (κ2) is 7.55. The second-order valence-electron chi connectivity index (χ2n) is 4.70. The normalized spacial score (nSPS) is 12.6. The van der Waals surface area contributed by atoms with Crippen molar-refractivity contribution < 1.29 is 0 Å². The van der Waals surface area contributed by atoms with Crippen molar-refractivity contribution in [2.75, 3.05) is 6.54 Å². The molecule has 0 aromatic carbocycles. The lowest BCUT2D eigenvalue weighted by molar-refractivity contribution is 0.465. The van der Waals surface area contributed by atoms with Crippen molar-refractivity contribution in [1.29, 1.82) is 0 Å². The van der Waals surface area contributed by atoms with Crippen molar-refractivity contribution in [1.82, 2.24) is 20.1 Å². The molecule has 1 N–H and O–H groups in total. The van der Waals surface area contributed by atoms with Gasteiger partial charge < -0.3 is 5.32 Å². The van der Waals surface area contributed by atoms with E-state index in [1.165, 1.54) is 11.3 Å². The monoisotopic (exact) mass is 336 g/mol. The maximum Gasteiger partial charge on any atom is 0.0695 e. The van der Waals surface area contributed by atoms with Crippen LogP contribution in [-0.4, -0.2) is 21.3 Å². The molecule has 0 fully saturated rings. The van der Waals surface area contributed by atoms with Crippen molar-refractivity contribution in [3.05, 3.63) is 46.5 Å². The molecule has 0 aliphatic heterocycles. The maximum atomic E-state index is 4.41. The lowest BCUT2D eigenvalue weighted by Gasteiger charge is -2.20. The first-order valence-corrected chi connectivity index (χ1v) is 7.89. The number of nitrogens with zero attached hydrogens (tertiary/aromatic N) is 3. The maximum absolute atomic E-state index is 4.41. The van der Waals surface area contributed by atoms with E-state index in [9.17, 15) is 0 Å². The molecule has 0 aliphatic rings. The van der Waals surface area contributed by atoms with E-state index in [-0.39, 0.29) is 0 Å². The van der Waals surface area contributed by atoms with Gasteiger partial charge in [0.15, 0.2) is 0 Å². The number of hydrogen-bond donors (Lipinski definition) is 1. The number of aromatic nitrogens is 3. The highest BCUT2D eigenvalue weighted by atomic mass is 79.9. The van der Waals surface area contributed by atoms with Crippen LogP contribution in [0.5, 0.6) is 0 Å². The smallest absolute Gasteiger partial charge is 0.0695 e. The Morgan fingerprint density at radius 1 is 1.35 bits per heavy atom. The van der Waals surface area contributed by atoms with Crippen molar-refractivity contribution in [3.8, 4) is 0 Å². The number of nitrogens with one attached hydrogen (secondary N) is 1. The Labute approximate surface area is 128 Å². The highest BCUT2D eigenvalue weighted by Gasteiger charge is 2.18. The molecule has 2 aromatic rings. The summed E-state index contributed by atoms with van der Waals surface area (Å²) >= 11 is 3.62. The molecule has 1 atom stereocenters. The molecule has 5 heteroatoms. The van der Waals surface area contributed by atoms with Gasteiger partial charge in [0.1, 0.15) is 0 Å². The third-order valence-electron chi connectivity index (χ3n) is 3.36. The zero-order valence-corrected chi connectivity index (χ0v) is 13.6. The topological polar surface area (TPSA) is 42.7 Å². The van der Waals surface area contributed by atoms with E-state index in [2.05, 4.69) is 55.9 Å². The summed E-state index contributed by atoms with van der Waals surface area (Å²) in [6.45, 7) is 6.08. The van der Waals surface area contributed by atoms with Crippen LogP contribution in [0.2, 0.25) is 0 Å². The molecule has 0 saturated heterocycles. The fourth-order valence-corrected chi connectivity index (χ4v) is 2.98. The average Bonchev–Trinajstić information content (AvgIpc) is 2.85.